The van der Waals surface area contributed by atoms with Crippen LogP contribution < -0.4 is 4.74 Å². The normalized spacial score (nSPS) is 16.7. The van der Waals surface area contributed by atoms with Crippen LogP contribution in [-0.4, -0.2) is 16.9 Å². The Morgan fingerprint density at radius 3 is 2.95 bits per heavy atom. The monoisotopic (exact) mass is 277 g/mol. The standard InChI is InChI=1S/C18H15NO2/c1-11-6-7-15-13(8-11)14(10-19-15)18(20)17-9-12-4-2-3-5-16(12)21-17/h2-8,10,17,19H,9H2,1H3. The number of benzene rings is 2. The number of hydrogen-bond acceptors (Lipinski definition) is 2. The van der Waals surface area contributed by atoms with Gasteiger partial charge in [0, 0.05) is 29.1 Å². The predicted molar refractivity (Wildman–Crippen MR) is 81.9 cm³/mol. The molecule has 3 heteroatoms. The average Bonchev–Trinajstić information content (AvgIpc) is 3.09. The van der Waals surface area contributed by atoms with Gasteiger partial charge in [0.1, 0.15) is 5.75 Å². The molecule has 0 radical (unpaired) electrons. The third-order valence-electron chi connectivity index (χ3n) is 4.04. The molecule has 104 valence electrons. The van der Waals surface area contributed by atoms with Gasteiger partial charge in [-0.3, -0.25) is 4.79 Å². The fraction of sp³-hybridized carbons (Fsp3) is 0.167. The van der Waals surface area contributed by atoms with Gasteiger partial charge >= 0.3 is 0 Å². The lowest BCUT2D eigenvalue weighted by molar-refractivity contribution is 0.0826. The minimum absolute atomic E-state index is 0.0445. The third-order valence-corrected chi connectivity index (χ3v) is 4.04. The lowest BCUT2D eigenvalue weighted by Gasteiger charge is -2.08. The number of hydrogen-bond donors (Lipinski definition) is 1. The second-order valence-corrected chi connectivity index (χ2v) is 5.53. The number of Topliss-reactive ketones (excluding diaryl/α,β-unsaturated/α-hetero) is 1. The van der Waals surface area contributed by atoms with Gasteiger partial charge in [0.25, 0.3) is 0 Å². The zero-order valence-electron chi connectivity index (χ0n) is 11.7. The van der Waals surface area contributed by atoms with E-state index in [4.69, 9.17) is 4.74 Å². The van der Waals surface area contributed by atoms with Crippen LogP contribution >= 0.6 is 0 Å². The minimum Gasteiger partial charge on any atom is -0.482 e. The molecule has 0 saturated heterocycles. The third kappa shape index (κ3) is 1.93. The summed E-state index contributed by atoms with van der Waals surface area (Å²) in [4.78, 5) is 15.9. The molecule has 2 aromatic carbocycles. The molecule has 1 aliphatic heterocycles. The van der Waals surface area contributed by atoms with Crippen molar-refractivity contribution < 1.29 is 9.53 Å². The molecule has 0 saturated carbocycles. The Bertz CT molecular complexity index is 822. The van der Waals surface area contributed by atoms with Gasteiger partial charge in [0.2, 0.25) is 5.78 Å². The Kier molecular flexibility index (Phi) is 2.61. The molecule has 0 amide bonds. The van der Waals surface area contributed by atoms with Crippen LogP contribution in [-0.2, 0) is 6.42 Å². The maximum Gasteiger partial charge on any atom is 0.205 e. The van der Waals surface area contributed by atoms with E-state index in [-0.39, 0.29) is 5.78 Å². The fourth-order valence-electron chi connectivity index (χ4n) is 2.94. The molecule has 1 atom stereocenters. The first-order valence-electron chi connectivity index (χ1n) is 7.09. The number of fused-ring (bicyclic) bond motifs is 2. The largest absolute Gasteiger partial charge is 0.482 e. The number of aromatic nitrogens is 1. The topological polar surface area (TPSA) is 42.1 Å². The highest BCUT2D eigenvalue weighted by atomic mass is 16.5. The van der Waals surface area contributed by atoms with E-state index in [9.17, 15) is 4.79 Å². The van der Waals surface area contributed by atoms with Gasteiger partial charge in [-0.15, -0.1) is 0 Å². The highest BCUT2D eigenvalue weighted by Crippen LogP contribution is 2.31. The SMILES string of the molecule is Cc1ccc2[nH]cc(C(=O)C3Cc4ccccc4O3)c2c1. The quantitative estimate of drug-likeness (QED) is 0.726. The Balaban J connectivity index is 1.70. The van der Waals surface area contributed by atoms with Crippen LogP contribution in [0.2, 0.25) is 0 Å². The van der Waals surface area contributed by atoms with Crippen LogP contribution in [0, 0.1) is 6.92 Å². The van der Waals surface area contributed by atoms with Crippen molar-refractivity contribution in [2.45, 2.75) is 19.4 Å². The van der Waals surface area contributed by atoms with Crippen LogP contribution in [0.25, 0.3) is 10.9 Å². The first kappa shape index (κ1) is 12.2. The number of ether oxygens (including phenoxy) is 1. The van der Waals surface area contributed by atoms with E-state index >= 15 is 0 Å². The molecule has 4 rings (SSSR count). The van der Waals surface area contributed by atoms with Crippen molar-refractivity contribution >= 4 is 16.7 Å². The van der Waals surface area contributed by atoms with Gasteiger partial charge in [-0.1, -0.05) is 29.8 Å². The highest BCUT2D eigenvalue weighted by Gasteiger charge is 2.30. The first-order chi connectivity index (χ1) is 10.2. The molecule has 0 aliphatic carbocycles. The molecule has 3 nitrogen and oxygen atoms in total. The van der Waals surface area contributed by atoms with E-state index in [0.29, 0.717) is 12.0 Å². The lowest BCUT2D eigenvalue weighted by atomic mass is 10.0. The minimum atomic E-state index is -0.415. The molecule has 1 aliphatic rings. The summed E-state index contributed by atoms with van der Waals surface area (Å²) in [5, 5.41) is 0.972. The number of carbonyl (C=O) groups is 1. The summed E-state index contributed by atoms with van der Waals surface area (Å²) in [6.45, 7) is 2.03. The number of carbonyl (C=O) groups excluding carboxylic acids is 1. The molecule has 0 fully saturated rings. The summed E-state index contributed by atoms with van der Waals surface area (Å²) in [5.74, 6) is 0.870. The summed E-state index contributed by atoms with van der Waals surface area (Å²) in [7, 11) is 0. The Hall–Kier alpha value is -2.55. The van der Waals surface area contributed by atoms with Gasteiger partial charge in [-0.05, 0) is 30.7 Å². The van der Waals surface area contributed by atoms with Crippen molar-refractivity contribution in [3.63, 3.8) is 0 Å². The zero-order chi connectivity index (χ0) is 14.4. The number of nitrogens with one attached hydrogen (secondary N) is 1. The molecule has 21 heavy (non-hydrogen) atoms. The van der Waals surface area contributed by atoms with Crippen molar-refractivity contribution in [2.75, 3.05) is 0 Å². The Labute approximate surface area is 122 Å². The van der Waals surface area contributed by atoms with Crippen molar-refractivity contribution in [1.29, 1.82) is 0 Å². The van der Waals surface area contributed by atoms with Gasteiger partial charge in [-0.2, -0.15) is 0 Å². The first-order valence-corrected chi connectivity index (χ1v) is 7.09. The number of H-pyrrole nitrogens is 1. The summed E-state index contributed by atoms with van der Waals surface area (Å²) in [6, 6.07) is 13.9. The number of para-hydroxylation sites is 1. The van der Waals surface area contributed by atoms with Crippen LogP contribution in [0.15, 0.2) is 48.7 Å². The smallest absolute Gasteiger partial charge is 0.205 e. The van der Waals surface area contributed by atoms with E-state index in [0.717, 1.165) is 27.8 Å². The van der Waals surface area contributed by atoms with E-state index in [2.05, 4.69) is 4.98 Å². The van der Waals surface area contributed by atoms with Crippen molar-refractivity contribution in [3.05, 3.63) is 65.4 Å². The van der Waals surface area contributed by atoms with E-state index in [1.165, 1.54) is 0 Å². The molecule has 2 heterocycles. The number of aromatic amines is 1. The van der Waals surface area contributed by atoms with Crippen molar-refractivity contribution in [2.24, 2.45) is 0 Å². The maximum atomic E-state index is 12.8. The summed E-state index contributed by atoms with van der Waals surface area (Å²) >= 11 is 0. The van der Waals surface area contributed by atoms with Crippen LogP contribution in [0.1, 0.15) is 21.5 Å². The van der Waals surface area contributed by atoms with Crippen LogP contribution in [0.4, 0.5) is 0 Å². The molecular weight excluding hydrogens is 262 g/mol. The predicted octanol–water partition coefficient (Wildman–Crippen LogP) is 3.66. The number of ketones is 1. The zero-order valence-corrected chi connectivity index (χ0v) is 11.7. The van der Waals surface area contributed by atoms with Gasteiger partial charge < -0.3 is 9.72 Å². The molecule has 1 aromatic heterocycles. The number of rotatable bonds is 2. The van der Waals surface area contributed by atoms with E-state index < -0.39 is 6.10 Å². The summed E-state index contributed by atoms with van der Waals surface area (Å²) in [5.41, 5.74) is 3.95. The summed E-state index contributed by atoms with van der Waals surface area (Å²) in [6.07, 6.45) is 2.02. The molecule has 0 bridgehead atoms. The molecule has 3 aromatic rings. The average molecular weight is 277 g/mol. The second-order valence-electron chi connectivity index (χ2n) is 5.53. The molecule has 0 spiro atoms. The van der Waals surface area contributed by atoms with Crippen molar-refractivity contribution in [3.8, 4) is 5.75 Å². The van der Waals surface area contributed by atoms with Crippen LogP contribution in [0.5, 0.6) is 5.75 Å². The Morgan fingerprint density at radius 1 is 1.24 bits per heavy atom. The van der Waals surface area contributed by atoms with E-state index in [1.807, 2.05) is 49.4 Å². The molecule has 1 unspecified atom stereocenters. The van der Waals surface area contributed by atoms with Crippen LogP contribution in [0.3, 0.4) is 0 Å². The van der Waals surface area contributed by atoms with Gasteiger partial charge in [0.05, 0.1) is 0 Å². The maximum absolute atomic E-state index is 12.8. The summed E-state index contributed by atoms with van der Waals surface area (Å²) < 4.78 is 5.81. The second kappa shape index (κ2) is 4.48. The fourth-order valence-corrected chi connectivity index (χ4v) is 2.94. The number of aryl methyl sites for hydroxylation is 1. The van der Waals surface area contributed by atoms with Crippen molar-refractivity contribution in [1.82, 2.24) is 4.98 Å². The lowest BCUT2D eigenvalue weighted by Crippen LogP contribution is -2.25. The Morgan fingerprint density at radius 2 is 2.10 bits per heavy atom. The highest BCUT2D eigenvalue weighted by molar-refractivity contribution is 6.10. The molecular formula is C18H15NO2. The van der Waals surface area contributed by atoms with Gasteiger partial charge in [-0.25, -0.2) is 0 Å². The molecule has 1 N–H and O–H groups in total. The van der Waals surface area contributed by atoms with Gasteiger partial charge in [0.15, 0.2) is 6.10 Å². The van der Waals surface area contributed by atoms with E-state index in [1.54, 1.807) is 6.20 Å².